The van der Waals surface area contributed by atoms with Crippen LogP contribution < -0.4 is 0 Å². The van der Waals surface area contributed by atoms with Crippen molar-refractivity contribution in [2.75, 3.05) is 6.54 Å². The van der Waals surface area contributed by atoms with Crippen LogP contribution in [0.25, 0.3) is 0 Å². The molecule has 0 bridgehead atoms. The number of hydrogen-bond donors (Lipinski definition) is 0. The Labute approximate surface area is 75.1 Å². The van der Waals surface area contributed by atoms with Gasteiger partial charge in [0.25, 0.3) is 0 Å². The van der Waals surface area contributed by atoms with Crippen LogP contribution >= 0.6 is 15.9 Å². The summed E-state index contributed by atoms with van der Waals surface area (Å²) in [5.74, 6) is 1.14. The first-order valence-electron chi connectivity index (χ1n) is 3.94. The Bertz CT molecular complexity index is 222. The van der Waals surface area contributed by atoms with E-state index in [4.69, 9.17) is 0 Å². The van der Waals surface area contributed by atoms with Crippen LogP contribution in [0.1, 0.15) is 13.3 Å². The van der Waals surface area contributed by atoms with Crippen molar-refractivity contribution in [2.24, 2.45) is 4.99 Å². The SMILES string of the molecule is CC1N=C2C=CCCN2C1Br. The number of hydrogen-bond acceptors (Lipinski definition) is 2. The standard InChI is InChI=1S/C8H11BrN2/c1-6-8(9)11-5-3-2-4-7(11)10-6/h2,4,6,8H,3,5H2,1H3. The van der Waals surface area contributed by atoms with Crippen LogP contribution in [0.15, 0.2) is 17.1 Å². The lowest BCUT2D eigenvalue weighted by Gasteiger charge is -2.25. The number of aliphatic imine (C=N–C) groups is 1. The van der Waals surface area contributed by atoms with Crippen LogP contribution in [0.4, 0.5) is 0 Å². The molecular weight excluding hydrogens is 204 g/mol. The molecular formula is C8H11BrN2. The van der Waals surface area contributed by atoms with Crippen LogP contribution in [0, 0.1) is 0 Å². The average molecular weight is 215 g/mol. The van der Waals surface area contributed by atoms with Crippen LogP contribution in [-0.2, 0) is 0 Å². The molecule has 0 aliphatic carbocycles. The zero-order valence-electron chi connectivity index (χ0n) is 6.50. The van der Waals surface area contributed by atoms with Gasteiger partial charge in [0, 0.05) is 6.54 Å². The van der Waals surface area contributed by atoms with E-state index < -0.39 is 0 Å². The second-order valence-corrected chi connectivity index (χ2v) is 3.92. The largest absolute Gasteiger partial charge is 0.342 e. The van der Waals surface area contributed by atoms with Gasteiger partial charge in [0.2, 0.25) is 0 Å². The van der Waals surface area contributed by atoms with Gasteiger partial charge in [-0.25, -0.2) is 0 Å². The number of amidine groups is 1. The summed E-state index contributed by atoms with van der Waals surface area (Å²) < 4.78 is 0. The molecule has 0 aromatic heterocycles. The minimum Gasteiger partial charge on any atom is -0.342 e. The molecule has 0 fully saturated rings. The Kier molecular flexibility index (Phi) is 1.75. The first kappa shape index (κ1) is 7.35. The Morgan fingerprint density at radius 1 is 1.73 bits per heavy atom. The molecule has 0 radical (unpaired) electrons. The fraction of sp³-hybridized carbons (Fsp3) is 0.625. The molecule has 2 nitrogen and oxygen atoms in total. The first-order chi connectivity index (χ1) is 5.29. The predicted octanol–water partition coefficient (Wildman–Crippen LogP) is 1.77. The van der Waals surface area contributed by atoms with Gasteiger partial charge in [0.05, 0.1) is 6.04 Å². The van der Waals surface area contributed by atoms with Crippen molar-refractivity contribution in [3.05, 3.63) is 12.2 Å². The minimum absolute atomic E-state index is 0.396. The maximum absolute atomic E-state index is 4.50. The monoisotopic (exact) mass is 214 g/mol. The third-order valence-electron chi connectivity index (χ3n) is 2.13. The zero-order chi connectivity index (χ0) is 7.84. The Balaban J connectivity index is 2.26. The summed E-state index contributed by atoms with van der Waals surface area (Å²) in [7, 11) is 0. The molecule has 0 saturated carbocycles. The molecule has 0 aromatic carbocycles. The molecule has 2 rings (SSSR count). The van der Waals surface area contributed by atoms with Gasteiger partial charge < -0.3 is 4.90 Å². The molecule has 0 N–H and O–H groups in total. The second-order valence-electron chi connectivity index (χ2n) is 2.98. The van der Waals surface area contributed by atoms with E-state index in [1.807, 2.05) is 0 Å². The lowest BCUT2D eigenvalue weighted by molar-refractivity contribution is 0.409. The van der Waals surface area contributed by atoms with Crippen LogP contribution in [-0.4, -0.2) is 28.3 Å². The van der Waals surface area contributed by atoms with E-state index in [2.05, 4.69) is 44.9 Å². The molecule has 2 unspecified atom stereocenters. The highest BCUT2D eigenvalue weighted by atomic mass is 79.9. The Hall–Kier alpha value is -0.310. The molecule has 0 spiro atoms. The number of halogens is 1. The lowest BCUT2D eigenvalue weighted by atomic mass is 10.2. The summed E-state index contributed by atoms with van der Waals surface area (Å²) in [6.07, 6.45) is 5.45. The number of nitrogens with zero attached hydrogens (tertiary/aromatic N) is 2. The van der Waals surface area contributed by atoms with E-state index in [0.717, 1.165) is 18.8 Å². The van der Waals surface area contributed by atoms with Crippen molar-refractivity contribution in [3.8, 4) is 0 Å². The summed E-state index contributed by atoms with van der Waals surface area (Å²) in [6, 6.07) is 0.396. The lowest BCUT2D eigenvalue weighted by Crippen LogP contribution is -2.36. The molecule has 0 aromatic rings. The van der Waals surface area contributed by atoms with Gasteiger partial charge in [0.15, 0.2) is 0 Å². The summed E-state index contributed by atoms with van der Waals surface area (Å²) in [4.78, 5) is 7.23. The Morgan fingerprint density at radius 2 is 2.55 bits per heavy atom. The topological polar surface area (TPSA) is 15.6 Å². The van der Waals surface area contributed by atoms with E-state index in [0.29, 0.717) is 11.0 Å². The summed E-state index contributed by atoms with van der Waals surface area (Å²) in [5, 5.41) is 0. The van der Waals surface area contributed by atoms with Gasteiger partial charge in [-0.2, -0.15) is 0 Å². The van der Waals surface area contributed by atoms with Gasteiger partial charge in [0.1, 0.15) is 10.8 Å². The van der Waals surface area contributed by atoms with E-state index in [1.54, 1.807) is 0 Å². The minimum atomic E-state index is 0.396. The number of alkyl halides is 1. The van der Waals surface area contributed by atoms with Crippen molar-refractivity contribution in [1.82, 2.24) is 4.90 Å². The van der Waals surface area contributed by atoms with Crippen molar-refractivity contribution in [1.29, 1.82) is 0 Å². The van der Waals surface area contributed by atoms with Crippen LogP contribution in [0.2, 0.25) is 0 Å². The summed E-state index contributed by atoms with van der Waals surface area (Å²) in [6.45, 7) is 3.24. The van der Waals surface area contributed by atoms with Gasteiger partial charge in [-0.05, 0) is 19.4 Å². The van der Waals surface area contributed by atoms with Crippen molar-refractivity contribution >= 4 is 21.8 Å². The van der Waals surface area contributed by atoms with Crippen molar-refractivity contribution < 1.29 is 0 Å². The van der Waals surface area contributed by atoms with E-state index >= 15 is 0 Å². The second kappa shape index (κ2) is 2.63. The molecule has 2 aliphatic rings. The number of fused-ring (bicyclic) bond motifs is 1. The highest BCUT2D eigenvalue weighted by Gasteiger charge is 2.30. The highest BCUT2D eigenvalue weighted by Crippen LogP contribution is 2.25. The molecule has 3 heteroatoms. The third kappa shape index (κ3) is 1.11. The fourth-order valence-corrected chi connectivity index (χ4v) is 2.04. The molecule has 2 atom stereocenters. The van der Waals surface area contributed by atoms with Gasteiger partial charge in [-0.15, -0.1) is 0 Å². The first-order valence-corrected chi connectivity index (χ1v) is 4.85. The van der Waals surface area contributed by atoms with Crippen LogP contribution in [0.3, 0.4) is 0 Å². The molecule has 0 amide bonds. The maximum atomic E-state index is 4.50. The normalized spacial score (nSPS) is 35.5. The molecule has 60 valence electrons. The highest BCUT2D eigenvalue weighted by molar-refractivity contribution is 9.09. The van der Waals surface area contributed by atoms with E-state index in [1.165, 1.54) is 0 Å². The van der Waals surface area contributed by atoms with Crippen LogP contribution in [0.5, 0.6) is 0 Å². The zero-order valence-corrected chi connectivity index (χ0v) is 8.08. The quantitative estimate of drug-likeness (QED) is 0.444. The van der Waals surface area contributed by atoms with E-state index in [-0.39, 0.29) is 0 Å². The molecule has 0 saturated heterocycles. The molecule has 11 heavy (non-hydrogen) atoms. The van der Waals surface area contributed by atoms with E-state index in [9.17, 15) is 0 Å². The maximum Gasteiger partial charge on any atom is 0.124 e. The predicted molar refractivity (Wildman–Crippen MR) is 50.1 cm³/mol. The van der Waals surface area contributed by atoms with Gasteiger partial charge in [-0.1, -0.05) is 22.0 Å². The van der Waals surface area contributed by atoms with Crippen molar-refractivity contribution in [3.63, 3.8) is 0 Å². The fourth-order valence-electron chi connectivity index (χ4n) is 1.51. The number of rotatable bonds is 0. The third-order valence-corrected chi connectivity index (χ3v) is 3.39. The Morgan fingerprint density at radius 3 is 3.27 bits per heavy atom. The van der Waals surface area contributed by atoms with Crippen molar-refractivity contribution in [2.45, 2.75) is 24.3 Å². The van der Waals surface area contributed by atoms with Gasteiger partial charge in [-0.3, -0.25) is 4.99 Å². The smallest absolute Gasteiger partial charge is 0.124 e. The summed E-state index contributed by atoms with van der Waals surface area (Å²) >= 11 is 3.62. The van der Waals surface area contributed by atoms with Gasteiger partial charge >= 0.3 is 0 Å². The summed E-state index contributed by atoms with van der Waals surface area (Å²) in [5.41, 5.74) is 0. The molecule has 2 heterocycles. The molecule has 2 aliphatic heterocycles. The average Bonchev–Trinajstić information content (AvgIpc) is 2.30.